The van der Waals surface area contributed by atoms with Gasteiger partial charge in [-0.1, -0.05) is 12.1 Å². The first kappa shape index (κ1) is 38.9. The number of ether oxygens (including phenoxy) is 1. The van der Waals surface area contributed by atoms with Crippen LogP contribution in [0.2, 0.25) is 0 Å². The van der Waals surface area contributed by atoms with E-state index >= 15 is 0 Å². The molecule has 18 heteroatoms. The van der Waals surface area contributed by atoms with Crippen LogP contribution in [0, 0.1) is 10.8 Å². The Morgan fingerprint density at radius 2 is 1.22 bits per heavy atom. The normalized spacial score (nSPS) is 12.8. The van der Waals surface area contributed by atoms with E-state index in [-0.39, 0.29) is 58.6 Å². The van der Waals surface area contributed by atoms with Gasteiger partial charge in [-0.25, -0.2) is 21.6 Å². The Hall–Kier alpha value is -4.58. The fourth-order valence-corrected chi connectivity index (χ4v) is 6.99. The van der Waals surface area contributed by atoms with Gasteiger partial charge in [0.05, 0.1) is 21.3 Å². The van der Waals surface area contributed by atoms with Crippen LogP contribution >= 0.6 is 0 Å². The predicted molar refractivity (Wildman–Crippen MR) is 174 cm³/mol. The maximum atomic E-state index is 13.1. The van der Waals surface area contributed by atoms with Crippen molar-refractivity contribution in [1.82, 2.24) is 14.5 Å². The minimum atomic E-state index is -5.27. The molecule has 3 rings (SSSR count). The number of imidazole rings is 1. The Bertz CT molecular complexity index is 1990. The molecule has 0 saturated carbocycles. The van der Waals surface area contributed by atoms with E-state index in [2.05, 4.69) is 10.3 Å². The van der Waals surface area contributed by atoms with Gasteiger partial charge in [-0.15, -0.1) is 0 Å². The molecule has 13 nitrogen and oxygen atoms in total. The second kappa shape index (κ2) is 15.3. The lowest BCUT2D eigenvalue weighted by Gasteiger charge is -2.19. The van der Waals surface area contributed by atoms with E-state index in [1.807, 2.05) is 0 Å². The average Bonchev–Trinajstić information content (AvgIpc) is 3.36. The van der Waals surface area contributed by atoms with Crippen LogP contribution in [0.3, 0.4) is 0 Å². The van der Waals surface area contributed by atoms with Crippen LogP contribution in [-0.4, -0.2) is 72.8 Å². The molecule has 1 aromatic heterocycles. The zero-order valence-corrected chi connectivity index (χ0v) is 28.8. The highest BCUT2D eigenvalue weighted by molar-refractivity contribution is 7.91. The average molecular weight is 727 g/mol. The zero-order chi connectivity index (χ0) is 36.8. The number of aromatic nitrogens is 2. The summed E-state index contributed by atoms with van der Waals surface area (Å²) in [6.07, 6.45) is -3.61. The molecule has 0 spiro atoms. The van der Waals surface area contributed by atoms with Crippen LogP contribution in [0.5, 0.6) is 0 Å². The van der Waals surface area contributed by atoms with Gasteiger partial charge in [0, 0.05) is 36.8 Å². The summed E-state index contributed by atoms with van der Waals surface area (Å²) >= 11 is 0. The minimum absolute atomic E-state index is 0.0174. The molecule has 0 bridgehead atoms. The molecule has 0 radical (unpaired) electrons. The number of hydrogen-bond acceptors (Lipinski definition) is 9. The zero-order valence-electron chi connectivity index (χ0n) is 27.2. The monoisotopic (exact) mass is 726 g/mol. The fourth-order valence-electron chi connectivity index (χ4n) is 4.40. The Morgan fingerprint density at radius 3 is 1.61 bits per heavy atom. The molecule has 1 heterocycles. The van der Waals surface area contributed by atoms with Crippen molar-refractivity contribution in [1.29, 1.82) is 10.8 Å². The van der Waals surface area contributed by atoms with E-state index in [1.54, 1.807) is 27.7 Å². The topological polar surface area (TPSA) is 194 Å². The van der Waals surface area contributed by atoms with Crippen LogP contribution in [0.4, 0.5) is 18.0 Å². The summed E-state index contributed by atoms with van der Waals surface area (Å²) in [5.74, 6) is -3.49. The number of benzene rings is 2. The second-order valence-electron chi connectivity index (χ2n) is 11.9. The van der Waals surface area contributed by atoms with Crippen LogP contribution in [-0.2, 0) is 42.3 Å². The second-order valence-corrected chi connectivity index (χ2v) is 16.1. The van der Waals surface area contributed by atoms with Crippen molar-refractivity contribution in [3.8, 4) is 0 Å². The van der Waals surface area contributed by atoms with E-state index in [0.717, 1.165) is 0 Å². The van der Waals surface area contributed by atoms with E-state index < -0.39 is 54.8 Å². The molecule has 3 aromatic rings. The number of rotatable bonds is 12. The number of nitrogens with one attached hydrogen (secondary N) is 3. The van der Waals surface area contributed by atoms with E-state index in [0.29, 0.717) is 5.56 Å². The molecule has 3 N–H and O–H groups in total. The lowest BCUT2D eigenvalue weighted by atomic mass is 10.1. The first-order valence-corrected chi connectivity index (χ1v) is 18.1. The molecule has 2 amide bonds. The first-order chi connectivity index (χ1) is 22.6. The molecule has 0 fully saturated rings. The third kappa shape index (κ3) is 11.2. The lowest BCUT2D eigenvalue weighted by Crippen LogP contribution is -2.36. The van der Waals surface area contributed by atoms with Gasteiger partial charge in [0.15, 0.2) is 19.7 Å². The highest BCUT2D eigenvalue weighted by atomic mass is 32.2. The van der Waals surface area contributed by atoms with Crippen molar-refractivity contribution in [2.24, 2.45) is 4.99 Å². The number of amides is 2. The number of hydrogen-bond donors (Lipinski definition) is 3. The fraction of sp³-hybridized carbons (Fsp3) is 0.387. The van der Waals surface area contributed by atoms with E-state index in [4.69, 9.17) is 15.6 Å². The maximum Gasteiger partial charge on any atom is 0.473 e. The van der Waals surface area contributed by atoms with Gasteiger partial charge >= 0.3 is 18.2 Å². The van der Waals surface area contributed by atoms with Gasteiger partial charge in [-0.2, -0.15) is 18.2 Å². The Labute approximate surface area is 281 Å². The van der Waals surface area contributed by atoms with E-state index in [1.165, 1.54) is 70.1 Å². The lowest BCUT2D eigenvalue weighted by molar-refractivity contribution is -0.169. The van der Waals surface area contributed by atoms with Gasteiger partial charge in [-0.3, -0.25) is 15.5 Å². The third-order valence-corrected chi connectivity index (χ3v) is 10.4. The molecule has 0 aliphatic carbocycles. The summed E-state index contributed by atoms with van der Waals surface area (Å²) in [5.41, 5.74) is -0.193. The van der Waals surface area contributed by atoms with Gasteiger partial charge in [0.25, 0.3) is 0 Å². The molecule has 0 saturated heterocycles. The van der Waals surface area contributed by atoms with Crippen molar-refractivity contribution < 1.29 is 44.3 Å². The summed E-state index contributed by atoms with van der Waals surface area (Å²) in [7, 11) is -7.67. The van der Waals surface area contributed by atoms with Gasteiger partial charge in [-0.05, 0) is 82.5 Å². The molecule has 2 aromatic carbocycles. The third-order valence-electron chi connectivity index (χ3n) is 6.78. The highest BCUT2D eigenvalue weighted by Gasteiger charge is 2.39. The van der Waals surface area contributed by atoms with Crippen molar-refractivity contribution in [2.45, 2.75) is 75.2 Å². The Kier molecular flexibility index (Phi) is 12.1. The molecule has 49 heavy (non-hydrogen) atoms. The molecule has 0 unspecified atom stereocenters. The van der Waals surface area contributed by atoms with Crippen LogP contribution in [0.1, 0.15) is 51.7 Å². The van der Waals surface area contributed by atoms with Crippen LogP contribution < -0.4 is 10.9 Å². The molecule has 0 aliphatic rings. The smallest absolute Gasteiger partial charge is 0.444 e. The number of halogens is 3. The standard InChI is InChI=1S/C31H37F3N6O7S2/c1-21(35)22-7-11-24(12-8-22)48(43,44)19-5-15-39-17-18-40(28(39)38-27(41)31(32,33)34)16-6-20-49(45,46)25-13-9-23(10-14-25)26(36)37-29(42)47-30(2,3)4/h7-14,17-18,35H,5-6,15-16,19-20H2,1-4H3,(H2,36,37,42). The summed E-state index contributed by atoms with van der Waals surface area (Å²) in [6.45, 7) is 6.26. The number of nitrogens with zero attached hydrogens (tertiary/aromatic N) is 3. The maximum absolute atomic E-state index is 13.1. The quantitative estimate of drug-likeness (QED) is 0.183. The number of aryl methyl sites for hydroxylation is 2. The predicted octanol–water partition coefficient (Wildman–Crippen LogP) is 4.25. The molecule has 266 valence electrons. The summed E-state index contributed by atoms with van der Waals surface area (Å²) in [6, 6.07) is 10.9. The molecule has 0 aliphatic heterocycles. The van der Waals surface area contributed by atoms with Crippen molar-refractivity contribution in [3.05, 3.63) is 77.7 Å². The van der Waals surface area contributed by atoms with Crippen molar-refractivity contribution in [2.75, 3.05) is 11.5 Å². The van der Waals surface area contributed by atoms with Crippen LogP contribution in [0.25, 0.3) is 0 Å². The summed E-state index contributed by atoms with van der Waals surface area (Å²) in [4.78, 5) is 26.8. The number of sulfone groups is 2. The van der Waals surface area contributed by atoms with E-state index in [9.17, 15) is 39.6 Å². The Morgan fingerprint density at radius 1 is 0.796 bits per heavy atom. The van der Waals surface area contributed by atoms with Gasteiger partial charge < -0.3 is 19.3 Å². The largest absolute Gasteiger partial charge is 0.473 e. The first-order valence-electron chi connectivity index (χ1n) is 14.8. The Balaban J connectivity index is 1.70. The summed E-state index contributed by atoms with van der Waals surface area (Å²) < 4.78 is 98.4. The highest BCUT2D eigenvalue weighted by Crippen LogP contribution is 2.18. The minimum Gasteiger partial charge on any atom is -0.444 e. The molecular formula is C31H37F3N6O7S2. The van der Waals surface area contributed by atoms with Crippen LogP contribution in [0.15, 0.2) is 75.7 Å². The van der Waals surface area contributed by atoms with Gasteiger partial charge in [0.2, 0.25) is 5.62 Å². The summed E-state index contributed by atoms with van der Waals surface area (Å²) in [5, 5.41) is 17.9. The number of carbonyl (C=O) groups is 2. The SMILES string of the molecule is CC(=N)c1ccc(S(=O)(=O)CCCn2ccn(CCCS(=O)(=O)c3ccc(C(=N)NC(=O)OC(C)(C)C)cc3)c2=NC(=O)C(F)(F)F)cc1. The number of alkyl carbamates (subject to hydrolysis) is 1. The van der Waals surface area contributed by atoms with Crippen molar-refractivity contribution in [3.63, 3.8) is 0 Å². The molecular weight excluding hydrogens is 690 g/mol. The van der Waals surface area contributed by atoms with Crippen molar-refractivity contribution >= 4 is 43.2 Å². The number of amidine groups is 1. The number of alkyl halides is 3. The number of carbonyl (C=O) groups excluding carboxylic acids is 2. The van der Waals surface area contributed by atoms with Gasteiger partial charge in [0.1, 0.15) is 11.4 Å². The molecule has 0 atom stereocenters.